The summed E-state index contributed by atoms with van der Waals surface area (Å²) in [6, 6.07) is 7.06. The first-order valence-electron chi connectivity index (χ1n) is 5.70. The Morgan fingerprint density at radius 2 is 1.93 bits per heavy atom. The molecule has 1 fully saturated rings. The lowest BCUT2D eigenvalue weighted by Crippen LogP contribution is -2.22. The van der Waals surface area contributed by atoms with E-state index in [0.717, 1.165) is 24.5 Å². The number of benzene rings is 1. The monoisotopic (exact) mass is 206 g/mol. The van der Waals surface area contributed by atoms with Crippen LogP contribution in [0, 0.1) is 5.92 Å². The zero-order valence-corrected chi connectivity index (χ0v) is 9.15. The van der Waals surface area contributed by atoms with Crippen LogP contribution in [-0.4, -0.2) is 11.2 Å². The summed E-state index contributed by atoms with van der Waals surface area (Å²) >= 11 is 0. The van der Waals surface area contributed by atoms with Gasteiger partial charge in [-0.1, -0.05) is 13.0 Å². The van der Waals surface area contributed by atoms with Crippen LogP contribution in [0.4, 0.5) is 0 Å². The molecule has 0 saturated heterocycles. The van der Waals surface area contributed by atoms with Gasteiger partial charge in [0.15, 0.2) is 0 Å². The summed E-state index contributed by atoms with van der Waals surface area (Å²) in [6.45, 7) is 2.30. The molecule has 1 aliphatic rings. The average molecular weight is 206 g/mol. The van der Waals surface area contributed by atoms with E-state index in [2.05, 4.69) is 6.92 Å². The van der Waals surface area contributed by atoms with Crippen molar-refractivity contribution in [3.63, 3.8) is 0 Å². The van der Waals surface area contributed by atoms with Crippen molar-refractivity contribution in [3.8, 4) is 11.5 Å². The van der Waals surface area contributed by atoms with E-state index >= 15 is 0 Å². The van der Waals surface area contributed by atoms with E-state index < -0.39 is 0 Å². The standard InChI is InChI=1S/C13H18O2/c1-10-5-7-12(8-6-10)15-13-4-2-3-11(14)9-13/h2-4,9-10,12,14H,5-8H2,1H3. The van der Waals surface area contributed by atoms with Gasteiger partial charge in [0.2, 0.25) is 0 Å². The Morgan fingerprint density at radius 3 is 2.60 bits per heavy atom. The van der Waals surface area contributed by atoms with Crippen LogP contribution in [0.5, 0.6) is 11.5 Å². The lowest BCUT2D eigenvalue weighted by atomic mass is 9.89. The minimum absolute atomic E-state index is 0.275. The minimum atomic E-state index is 0.275. The first-order chi connectivity index (χ1) is 7.24. The first-order valence-corrected chi connectivity index (χ1v) is 5.70. The van der Waals surface area contributed by atoms with Crippen molar-refractivity contribution in [2.24, 2.45) is 5.92 Å². The molecule has 15 heavy (non-hydrogen) atoms. The quantitative estimate of drug-likeness (QED) is 0.804. The van der Waals surface area contributed by atoms with E-state index in [1.807, 2.05) is 12.1 Å². The highest BCUT2D eigenvalue weighted by Gasteiger charge is 2.19. The third kappa shape index (κ3) is 2.88. The van der Waals surface area contributed by atoms with E-state index in [-0.39, 0.29) is 5.75 Å². The van der Waals surface area contributed by atoms with Crippen molar-refractivity contribution in [1.29, 1.82) is 0 Å². The van der Waals surface area contributed by atoms with Crippen LogP contribution in [0.1, 0.15) is 32.6 Å². The van der Waals surface area contributed by atoms with Gasteiger partial charge in [-0.2, -0.15) is 0 Å². The zero-order chi connectivity index (χ0) is 10.7. The van der Waals surface area contributed by atoms with Gasteiger partial charge in [0.1, 0.15) is 11.5 Å². The second-order valence-electron chi connectivity index (χ2n) is 4.50. The average Bonchev–Trinajstić information content (AvgIpc) is 2.22. The van der Waals surface area contributed by atoms with Gasteiger partial charge in [-0.05, 0) is 43.7 Å². The number of rotatable bonds is 2. The third-order valence-corrected chi connectivity index (χ3v) is 3.08. The Kier molecular flexibility index (Phi) is 3.14. The Bertz CT molecular complexity index is 314. The highest BCUT2D eigenvalue weighted by molar-refractivity contribution is 5.31. The van der Waals surface area contributed by atoms with Gasteiger partial charge in [0.05, 0.1) is 6.10 Å². The molecule has 0 heterocycles. The molecule has 0 unspecified atom stereocenters. The van der Waals surface area contributed by atoms with E-state index in [9.17, 15) is 5.11 Å². The lowest BCUT2D eigenvalue weighted by molar-refractivity contribution is 0.135. The number of hydrogen-bond acceptors (Lipinski definition) is 2. The first kappa shape index (κ1) is 10.3. The number of aromatic hydroxyl groups is 1. The maximum Gasteiger partial charge on any atom is 0.123 e. The van der Waals surface area contributed by atoms with Crippen molar-refractivity contribution >= 4 is 0 Å². The van der Waals surface area contributed by atoms with E-state index in [0.29, 0.717) is 6.10 Å². The summed E-state index contributed by atoms with van der Waals surface area (Å²) in [5.41, 5.74) is 0. The smallest absolute Gasteiger partial charge is 0.123 e. The van der Waals surface area contributed by atoms with Gasteiger partial charge >= 0.3 is 0 Å². The Morgan fingerprint density at radius 1 is 1.20 bits per heavy atom. The van der Waals surface area contributed by atoms with Gasteiger partial charge in [0.25, 0.3) is 0 Å². The maximum atomic E-state index is 9.30. The van der Waals surface area contributed by atoms with E-state index in [4.69, 9.17) is 4.74 Å². The number of phenolic OH excluding ortho intramolecular Hbond substituents is 1. The van der Waals surface area contributed by atoms with Crippen LogP contribution in [0.25, 0.3) is 0 Å². The molecule has 1 aromatic rings. The van der Waals surface area contributed by atoms with Crippen molar-refractivity contribution in [3.05, 3.63) is 24.3 Å². The van der Waals surface area contributed by atoms with Crippen LogP contribution in [0.15, 0.2) is 24.3 Å². The van der Waals surface area contributed by atoms with Gasteiger partial charge in [-0.15, -0.1) is 0 Å². The molecule has 2 rings (SSSR count). The molecule has 0 bridgehead atoms. The number of phenols is 1. The molecule has 1 N–H and O–H groups in total. The van der Waals surface area contributed by atoms with Crippen molar-refractivity contribution < 1.29 is 9.84 Å². The van der Waals surface area contributed by atoms with Gasteiger partial charge in [-0.25, -0.2) is 0 Å². The topological polar surface area (TPSA) is 29.5 Å². The van der Waals surface area contributed by atoms with Crippen molar-refractivity contribution in [2.45, 2.75) is 38.7 Å². The van der Waals surface area contributed by atoms with Crippen LogP contribution in [0.2, 0.25) is 0 Å². The molecule has 0 amide bonds. The number of hydrogen-bond donors (Lipinski definition) is 1. The zero-order valence-electron chi connectivity index (χ0n) is 9.15. The molecule has 0 spiro atoms. The fourth-order valence-corrected chi connectivity index (χ4v) is 2.10. The van der Waals surface area contributed by atoms with Crippen LogP contribution < -0.4 is 4.74 Å². The fourth-order valence-electron chi connectivity index (χ4n) is 2.10. The summed E-state index contributed by atoms with van der Waals surface area (Å²) in [5.74, 6) is 1.90. The Balaban J connectivity index is 1.92. The maximum absolute atomic E-state index is 9.30. The third-order valence-electron chi connectivity index (χ3n) is 3.08. The molecule has 0 aromatic heterocycles. The second kappa shape index (κ2) is 4.56. The summed E-state index contributed by atoms with van der Waals surface area (Å²) in [5, 5.41) is 9.30. The van der Waals surface area contributed by atoms with Crippen LogP contribution in [0.3, 0.4) is 0 Å². The summed E-state index contributed by atoms with van der Waals surface area (Å²) in [7, 11) is 0. The van der Waals surface area contributed by atoms with E-state index in [1.165, 1.54) is 12.8 Å². The summed E-state index contributed by atoms with van der Waals surface area (Å²) < 4.78 is 5.82. The highest BCUT2D eigenvalue weighted by atomic mass is 16.5. The summed E-state index contributed by atoms with van der Waals surface area (Å²) in [6.07, 6.45) is 5.11. The number of ether oxygens (including phenoxy) is 1. The minimum Gasteiger partial charge on any atom is -0.508 e. The molecule has 1 aromatic carbocycles. The molecular weight excluding hydrogens is 188 g/mol. The van der Waals surface area contributed by atoms with Crippen molar-refractivity contribution in [1.82, 2.24) is 0 Å². The molecule has 2 heteroatoms. The fraction of sp³-hybridized carbons (Fsp3) is 0.538. The molecule has 0 aliphatic heterocycles. The SMILES string of the molecule is CC1CCC(Oc2cccc(O)c2)CC1. The molecule has 1 saturated carbocycles. The van der Waals surface area contributed by atoms with Gasteiger partial charge in [0, 0.05) is 6.07 Å². The predicted octanol–water partition coefficient (Wildman–Crippen LogP) is 3.35. The molecule has 2 nitrogen and oxygen atoms in total. The Hall–Kier alpha value is -1.18. The Labute approximate surface area is 90.9 Å². The molecule has 0 atom stereocenters. The van der Waals surface area contributed by atoms with E-state index in [1.54, 1.807) is 12.1 Å². The lowest BCUT2D eigenvalue weighted by Gasteiger charge is -2.26. The molecule has 0 radical (unpaired) electrons. The second-order valence-corrected chi connectivity index (χ2v) is 4.50. The highest BCUT2D eigenvalue weighted by Crippen LogP contribution is 2.28. The van der Waals surface area contributed by atoms with Crippen LogP contribution in [-0.2, 0) is 0 Å². The molecular formula is C13H18O2. The molecule has 82 valence electrons. The van der Waals surface area contributed by atoms with Gasteiger partial charge < -0.3 is 9.84 Å². The van der Waals surface area contributed by atoms with Gasteiger partial charge in [-0.3, -0.25) is 0 Å². The summed E-state index contributed by atoms with van der Waals surface area (Å²) in [4.78, 5) is 0. The molecule has 1 aliphatic carbocycles. The van der Waals surface area contributed by atoms with Crippen LogP contribution >= 0.6 is 0 Å². The normalized spacial score (nSPS) is 26.2. The van der Waals surface area contributed by atoms with Crippen molar-refractivity contribution in [2.75, 3.05) is 0 Å². The predicted molar refractivity (Wildman–Crippen MR) is 60.2 cm³/mol. The largest absolute Gasteiger partial charge is 0.508 e.